The van der Waals surface area contributed by atoms with Gasteiger partial charge in [-0.2, -0.15) is 0 Å². The van der Waals surface area contributed by atoms with E-state index in [0.717, 1.165) is 43.4 Å². The monoisotopic (exact) mass is 733 g/mol. The maximum atomic E-state index is 14.0. The van der Waals surface area contributed by atoms with Crippen LogP contribution in [0.3, 0.4) is 0 Å². The van der Waals surface area contributed by atoms with Crippen LogP contribution in [0.1, 0.15) is 69.9 Å². The predicted molar refractivity (Wildman–Crippen MR) is 202 cm³/mol. The first-order valence-electron chi connectivity index (χ1n) is 19.4. The Morgan fingerprint density at radius 3 is 1.96 bits per heavy atom. The van der Waals surface area contributed by atoms with Crippen molar-refractivity contribution in [3.63, 3.8) is 0 Å². The van der Waals surface area contributed by atoms with E-state index in [-0.39, 0.29) is 30.4 Å². The van der Waals surface area contributed by atoms with E-state index in [1.165, 1.54) is 0 Å². The highest BCUT2D eigenvalue weighted by Crippen LogP contribution is 2.36. The number of aliphatic hydroxyl groups excluding tert-OH is 1. The molecule has 7 atom stereocenters. The van der Waals surface area contributed by atoms with Gasteiger partial charge < -0.3 is 42.2 Å². The minimum Gasteiger partial charge on any atom is -0.366 e. The highest BCUT2D eigenvalue weighted by atomic mass is 16.7. The summed E-state index contributed by atoms with van der Waals surface area (Å²) in [5.41, 5.74) is 13.9. The van der Waals surface area contributed by atoms with Gasteiger partial charge in [0.15, 0.2) is 6.29 Å². The second kappa shape index (κ2) is 19.4. The van der Waals surface area contributed by atoms with Crippen LogP contribution in [0.4, 0.5) is 0 Å². The van der Waals surface area contributed by atoms with Gasteiger partial charge >= 0.3 is 0 Å². The summed E-state index contributed by atoms with van der Waals surface area (Å²) in [4.78, 5) is 59.5. The minimum absolute atomic E-state index is 0.0429. The van der Waals surface area contributed by atoms with E-state index >= 15 is 0 Å². The van der Waals surface area contributed by atoms with E-state index in [9.17, 15) is 24.3 Å². The fourth-order valence-corrected chi connectivity index (χ4v) is 7.78. The number of amides is 4. The molecule has 5 rings (SSSR count). The summed E-state index contributed by atoms with van der Waals surface area (Å²) in [7, 11) is 0. The van der Waals surface area contributed by atoms with Crippen LogP contribution in [-0.4, -0.2) is 113 Å². The van der Waals surface area contributed by atoms with Gasteiger partial charge in [0.2, 0.25) is 23.6 Å². The number of hydrogen-bond acceptors (Lipinski definition) is 9. The molecule has 0 bridgehead atoms. The predicted octanol–water partition coefficient (Wildman–Crippen LogP) is 1.21. The number of likely N-dealkylation sites (tertiary alicyclic amines) is 2. The SMILES string of the molecule is CC(C)C[C@@H](NC(=O)[C@@H](Cc1ccccc1)NC(=O)[C@H](N)Cc1ccccc1)C(=O)N[C@H](CCCN)C(=O)N1CCC(N2CCC[C@H]2C2OC2O)CC1. The number of nitrogens with one attached hydrogen (secondary N) is 3. The Morgan fingerprint density at radius 2 is 1.38 bits per heavy atom. The summed E-state index contributed by atoms with van der Waals surface area (Å²) in [5, 5.41) is 18.6. The topological polar surface area (TPSA) is 196 Å². The van der Waals surface area contributed by atoms with Crippen LogP contribution in [0.25, 0.3) is 0 Å². The number of nitrogens with zero attached hydrogens (tertiary/aromatic N) is 2. The summed E-state index contributed by atoms with van der Waals surface area (Å²) in [5.74, 6) is -1.54. The zero-order valence-electron chi connectivity index (χ0n) is 31.2. The number of epoxide rings is 1. The lowest BCUT2D eigenvalue weighted by molar-refractivity contribution is -0.139. The number of nitrogens with two attached hydrogens (primary N) is 2. The Bertz CT molecular complexity index is 1490. The lowest BCUT2D eigenvalue weighted by atomic mass is 9.98. The van der Waals surface area contributed by atoms with Crippen molar-refractivity contribution in [3.8, 4) is 0 Å². The third kappa shape index (κ3) is 11.6. The van der Waals surface area contributed by atoms with Crippen LogP contribution >= 0.6 is 0 Å². The van der Waals surface area contributed by atoms with Gasteiger partial charge in [-0.3, -0.25) is 24.1 Å². The van der Waals surface area contributed by atoms with Crippen LogP contribution in [0, 0.1) is 5.92 Å². The standard InChI is InChI=1S/C40H59N7O6/c1-26(2)23-32(45-38(50)33(25-28-13-7-4-8-14-28)44-36(48)30(42)24-27-11-5-3-6-12-27)37(49)43-31(15-9-19-41)39(51)46-21-17-29(18-22-46)47-20-10-16-34(47)35-40(52)53-35/h3-8,11-14,26,29-35,40,52H,9-10,15-25,41-42H2,1-2H3,(H,43,49)(H,44,48)(H,45,50)/t30-,31-,32-,33-,34+,35?,40?/m1/s1. The van der Waals surface area contributed by atoms with Crippen molar-refractivity contribution < 1.29 is 29.0 Å². The van der Waals surface area contributed by atoms with Gasteiger partial charge in [0.1, 0.15) is 24.2 Å². The van der Waals surface area contributed by atoms with Crippen molar-refractivity contribution in [2.45, 2.75) is 120 Å². The molecule has 2 aromatic carbocycles. The lowest BCUT2D eigenvalue weighted by Crippen LogP contribution is -2.59. The molecular formula is C40H59N7O6. The molecule has 13 heteroatoms. The molecule has 2 aromatic rings. The van der Waals surface area contributed by atoms with Gasteiger partial charge in [0, 0.05) is 31.6 Å². The first-order valence-corrected chi connectivity index (χ1v) is 19.4. The number of benzene rings is 2. The van der Waals surface area contributed by atoms with E-state index in [0.29, 0.717) is 51.4 Å². The Labute approximate surface area is 313 Å². The zero-order chi connectivity index (χ0) is 37.9. The van der Waals surface area contributed by atoms with Crippen molar-refractivity contribution in [2.24, 2.45) is 17.4 Å². The number of aliphatic hydroxyl groups is 1. The lowest BCUT2D eigenvalue weighted by Gasteiger charge is -2.40. The van der Waals surface area contributed by atoms with Crippen molar-refractivity contribution in [1.82, 2.24) is 25.8 Å². The summed E-state index contributed by atoms with van der Waals surface area (Å²) in [6.07, 6.45) is 4.65. The molecule has 13 nitrogen and oxygen atoms in total. The molecule has 0 saturated carbocycles. The van der Waals surface area contributed by atoms with Gasteiger partial charge in [-0.05, 0) is 81.5 Å². The summed E-state index contributed by atoms with van der Waals surface area (Å²) in [6.45, 7) is 6.38. The van der Waals surface area contributed by atoms with Crippen LogP contribution in [0.2, 0.25) is 0 Å². The maximum Gasteiger partial charge on any atom is 0.245 e. The molecule has 4 amide bonds. The molecular weight excluding hydrogens is 674 g/mol. The third-order valence-corrected chi connectivity index (χ3v) is 10.7. The van der Waals surface area contributed by atoms with Gasteiger partial charge in [-0.25, -0.2) is 0 Å². The van der Waals surface area contributed by atoms with E-state index in [2.05, 4.69) is 20.9 Å². The molecule has 0 radical (unpaired) electrons. The van der Waals surface area contributed by atoms with Crippen LogP contribution < -0.4 is 27.4 Å². The average Bonchev–Trinajstić information content (AvgIpc) is 3.68. The fourth-order valence-electron chi connectivity index (χ4n) is 7.78. The van der Waals surface area contributed by atoms with Gasteiger partial charge in [-0.15, -0.1) is 0 Å². The van der Waals surface area contributed by atoms with Crippen LogP contribution in [0.15, 0.2) is 60.7 Å². The Hall–Kier alpha value is -3.88. The number of ether oxygens (including phenoxy) is 1. The highest BCUT2D eigenvalue weighted by Gasteiger charge is 2.49. The molecule has 8 N–H and O–H groups in total. The van der Waals surface area contributed by atoms with Crippen LogP contribution in [-0.2, 0) is 36.8 Å². The van der Waals surface area contributed by atoms with Crippen molar-refractivity contribution in [1.29, 1.82) is 0 Å². The molecule has 0 spiro atoms. The Morgan fingerprint density at radius 1 is 0.811 bits per heavy atom. The van der Waals surface area contributed by atoms with E-state index in [1.54, 1.807) is 0 Å². The second-order valence-corrected chi connectivity index (χ2v) is 15.2. The molecule has 3 fully saturated rings. The normalized spacial score (nSPS) is 22.8. The van der Waals surface area contributed by atoms with Crippen molar-refractivity contribution in [2.75, 3.05) is 26.2 Å². The number of hydrogen-bond donors (Lipinski definition) is 6. The Kier molecular flexibility index (Phi) is 14.8. The smallest absolute Gasteiger partial charge is 0.245 e. The third-order valence-electron chi connectivity index (χ3n) is 10.7. The quantitative estimate of drug-likeness (QED) is 0.122. The second-order valence-electron chi connectivity index (χ2n) is 15.2. The first-order chi connectivity index (χ1) is 25.5. The van der Waals surface area contributed by atoms with E-state index in [4.69, 9.17) is 16.2 Å². The summed E-state index contributed by atoms with van der Waals surface area (Å²) < 4.78 is 5.39. The van der Waals surface area contributed by atoms with Gasteiger partial charge in [-0.1, -0.05) is 74.5 Å². The molecule has 3 saturated heterocycles. The molecule has 0 aliphatic carbocycles. The number of carbonyl (C=O) groups excluding carboxylic acids is 4. The molecule has 3 heterocycles. The number of carbonyl (C=O) groups is 4. The summed E-state index contributed by atoms with van der Waals surface area (Å²) >= 11 is 0. The maximum absolute atomic E-state index is 14.0. The van der Waals surface area contributed by atoms with E-state index in [1.807, 2.05) is 79.4 Å². The van der Waals surface area contributed by atoms with Crippen molar-refractivity contribution >= 4 is 23.6 Å². The van der Waals surface area contributed by atoms with Gasteiger partial charge in [0.05, 0.1) is 6.04 Å². The molecule has 290 valence electrons. The van der Waals surface area contributed by atoms with E-state index < -0.39 is 48.2 Å². The largest absolute Gasteiger partial charge is 0.366 e. The molecule has 2 unspecified atom stereocenters. The molecule has 3 aliphatic rings. The average molecular weight is 734 g/mol. The van der Waals surface area contributed by atoms with Gasteiger partial charge in [0.25, 0.3) is 0 Å². The number of piperidine rings is 1. The van der Waals surface area contributed by atoms with Crippen molar-refractivity contribution in [3.05, 3.63) is 71.8 Å². The summed E-state index contributed by atoms with van der Waals surface area (Å²) in [6, 6.07) is 15.7. The molecule has 53 heavy (non-hydrogen) atoms. The zero-order valence-corrected chi connectivity index (χ0v) is 31.2. The highest BCUT2D eigenvalue weighted by molar-refractivity contribution is 5.95. The first kappa shape index (κ1) is 40.3. The number of rotatable bonds is 18. The molecule has 3 aliphatic heterocycles. The minimum atomic E-state index is -0.991. The van der Waals surface area contributed by atoms with Crippen LogP contribution in [0.5, 0.6) is 0 Å². The Balaban J connectivity index is 1.23. The fraction of sp³-hybridized carbons (Fsp3) is 0.600. The molecule has 0 aromatic heterocycles.